The van der Waals surface area contributed by atoms with Gasteiger partial charge in [0.05, 0.1) is 11.2 Å². The summed E-state index contributed by atoms with van der Waals surface area (Å²) in [6.45, 7) is 2.73. The van der Waals surface area contributed by atoms with Crippen molar-refractivity contribution < 1.29 is 0 Å². The van der Waals surface area contributed by atoms with Gasteiger partial charge in [-0.2, -0.15) is 0 Å². The average molecular weight is 214 g/mol. The summed E-state index contributed by atoms with van der Waals surface area (Å²) in [5.74, 6) is 0. The highest BCUT2D eigenvalue weighted by molar-refractivity contribution is 5.82. The standard InChI is InChI=1S/C14H18N2/c1-2-3-5-11-6-4-7-14-13(11)9-8-12(10-15)16-14/h4,6-9H,2-3,5,10,15H2,1H3. The van der Waals surface area contributed by atoms with E-state index < -0.39 is 0 Å². The maximum absolute atomic E-state index is 5.60. The molecule has 0 atom stereocenters. The van der Waals surface area contributed by atoms with E-state index in [-0.39, 0.29) is 0 Å². The quantitative estimate of drug-likeness (QED) is 0.849. The van der Waals surface area contributed by atoms with E-state index in [1.807, 2.05) is 6.07 Å². The topological polar surface area (TPSA) is 38.9 Å². The van der Waals surface area contributed by atoms with Gasteiger partial charge < -0.3 is 5.73 Å². The molecule has 1 aromatic carbocycles. The third-order valence-electron chi connectivity index (χ3n) is 2.89. The molecular weight excluding hydrogens is 196 g/mol. The summed E-state index contributed by atoms with van der Waals surface area (Å²) in [5, 5.41) is 1.27. The van der Waals surface area contributed by atoms with E-state index in [0.717, 1.165) is 17.6 Å². The molecule has 0 fully saturated rings. The molecule has 84 valence electrons. The summed E-state index contributed by atoms with van der Waals surface area (Å²) >= 11 is 0. The van der Waals surface area contributed by atoms with Crippen LogP contribution in [0, 0.1) is 0 Å². The summed E-state index contributed by atoms with van der Waals surface area (Å²) in [4.78, 5) is 4.54. The van der Waals surface area contributed by atoms with Crippen molar-refractivity contribution in [1.82, 2.24) is 4.98 Å². The van der Waals surface area contributed by atoms with Gasteiger partial charge in [-0.05, 0) is 30.5 Å². The Labute approximate surface area is 96.5 Å². The Morgan fingerprint density at radius 1 is 1.19 bits per heavy atom. The molecule has 16 heavy (non-hydrogen) atoms. The van der Waals surface area contributed by atoms with Crippen LogP contribution in [-0.4, -0.2) is 4.98 Å². The Bertz CT molecular complexity index is 477. The van der Waals surface area contributed by atoms with Gasteiger partial charge >= 0.3 is 0 Å². The van der Waals surface area contributed by atoms with E-state index in [9.17, 15) is 0 Å². The van der Waals surface area contributed by atoms with Gasteiger partial charge in [-0.1, -0.05) is 31.5 Å². The maximum Gasteiger partial charge on any atom is 0.0708 e. The van der Waals surface area contributed by atoms with Crippen molar-refractivity contribution in [3.63, 3.8) is 0 Å². The highest BCUT2D eigenvalue weighted by Gasteiger charge is 2.02. The van der Waals surface area contributed by atoms with E-state index in [1.54, 1.807) is 0 Å². The van der Waals surface area contributed by atoms with Crippen molar-refractivity contribution in [1.29, 1.82) is 0 Å². The number of aryl methyl sites for hydroxylation is 1. The zero-order valence-electron chi connectivity index (χ0n) is 9.74. The van der Waals surface area contributed by atoms with Gasteiger partial charge in [-0.3, -0.25) is 4.98 Å². The van der Waals surface area contributed by atoms with Crippen molar-refractivity contribution in [2.45, 2.75) is 32.7 Å². The van der Waals surface area contributed by atoms with Crippen LogP contribution < -0.4 is 5.73 Å². The highest BCUT2D eigenvalue weighted by Crippen LogP contribution is 2.19. The summed E-state index contributed by atoms with van der Waals surface area (Å²) < 4.78 is 0. The van der Waals surface area contributed by atoms with Gasteiger partial charge in [0.25, 0.3) is 0 Å². The van der Waals surface area contributed by atoms with Crippen LogP contribution in [0.25, 0.3) is 10.9 Å². The zero-order chi connectivity index (χ0) is 11.4. The first-order valence-electron chi connectivity index (χ1n) is 5.92. The van der Waals surface area contributed by atoms with E-state index in [4.69, 9.17) is 5.73 Å². The highest BCUT2D eigenvalue weighted by atomic mass is 14.7. The molecule has 0 saturated carbocycles. The second-order valence-electron chi connectivity index (χ2n) is 4.09. The predicted octanol–water partition coefficient (Wildman–Crippen LogP) is 3.04. The Balaban J connectivity index is 2.43. The normalized spacial score (nSPS) is 10.9. The summed E-state index contributed by atoms with van der Waals surface area (Å²) in [7, 11) is 0. The van der Waals surface area contributed by atoms with E-state index in [1.165, 1.54) is 23.8 Å². The lowest BCUT2D eigenvalue weighted by atomic mass is 10.0. The van der Waals surface area contributed by atoms with Crippen LogP contribution in [0.1, 0.15) is 31.0 Å². The molecule has 0 amide bonds. The minimum Gasteiger partial charge on any atom is -0.325 e. The Kier molecular flexibility index (Phi) is 3.52. The monoisotopic (exact) mass is 214 g/mol. The van der Waals surface area contributed by atoms with Gasteiger partial charge in [-0.15, -0.1) is 0 Å². The van der Waals surface area contributed by atoms with Gasteiger partial charge in [-0.25, -0.2) is 0 Å². The molecule has 0 aliphatic carbocycles. The van der Waals surface area contributed by atoms with E-state index in [2.05, 4.69) is 36.2 Å². The smallest absolute Gasteiger partial charge is 0.0708 e. The number of fused-ring (bicyclic) bond motifs is 1. The number of benzene rings is 1. The lowest BCUT2D eigenvalue weighted by Crippen LogP contribution is -1.99. The third-order valence-corrected chi connectivity index (χ3v) is 2.89. The van der Waals surface area contributed by atoms with Crippen LogP contribution >= 0.6 is 0 Å². The molecule has 0 unspecified atom stereocenters. The van der Waals surface area contributed by atoms with Gasteiger partial charge in [0.1, 0.15) is 0 Å². The number of nitrogens with zero attached hydrogens (tertiary/aromatic N) is 1. The molecule has 2 heteroatoms. The molecule has 2 rings (SSSR count). The van der Waals surface area contributed by atoms with Gasteiger partial charge in [0.15, 0.2) is 0 Å². The molecule has 0 spiro atoms. The lowest BCUT2D eigenvalue weighted by Gasteiger charge is -2.06. The third kappa shape index (κ3) is 2.22. The number of pyridine rings is 1. The van der Waals surface area contributed by atoms with E-state index in [0.29, 0.717) is 6.54 Å². The molecule has 2 N–H and O–H groups in total. The van der Waals surface area contributed by atoms with Gasteiger partial charge in [0, 0.05) is 11.9 Å². The molecule has 2 aromatic rings. The number of rotatable bonds is 4. The fourth-order valence-electron chi connectivity index (χ4n) is 1.96. The minimum atomic E-state index is 0.509. The molecular formula is C14H18N2. The molecule has 1 aromatic heterocycles. The summed E-state index contributed by atoms with van der Waals surface area (Å²) in [6, 6.07) is 10.5. The Hall–Kier alpha value is -1.41. The van der Waals surface area contributed by atoms with Crippen LogP contribution in [0.5, 0.6) is 0 Å². The molecule has 0 saturated heterocycles. The number of hydrogen-bond donors (Lipinski definition) is 1. The largest absolute Gasteiger partial charge is 0.325 e. The van der Waals surface area contributed by atoms with Crippen LogP contribution in [0.3, 0.4) is 0 Å². The molecule has 0 radical (unpaired) electrons. The van der Waals surface area contributed by atoms with Crippen molar-refractivity contribution in [2.24, 2.45) is 5.73 Å². The van der Waals surface area contributed by atoms with E-state index >= 15 is 0 Å². The van der Waals surface area contributed by atoms with Crippen molar-refractivity contribution in [3.8, 4) is 0 Å². The molecule has 2 nitrogen and oxygen atoms in total. The number of aromatic nitrogens is 1. The zero-order valence-corrected chi connectivity index (χ0v) is 9.74. The molecule has 0 aliphatic rings. The summed E-state index contributed by atoms with van der Waals surface area (Å²) in [6.07, 6.45) is 3.60. The number of nitrogens with two attached hydrogens (primary N) is 1. The second-order valence-corrected chi connectivity index (χ2v) is 4.09. The average Bonchev–Trinajstić information content (AvgIpc) is 2.35. The summed E-state index contributed by atoms with van der Waals surface area (Å²) in [5.41, 5.74) is 9.02. The van der Waals surface area contributed by atoms with Crippen molar-refractivity contribution >= 4 is 10.9 Å². The van der Waals surface area contributed by atoms with Crippen molar-refractivity contribution in [2.75, 3.05) is 0 Å². The van der Waals surface area contributed by atoms with Crippen LogP contribution in [0.15, 0.2) is 30.3 Å². The predicted molar refractivity (Wildman–Crippen MR) is 68.2 cm³/mol. The second kappa shape index (κ2) is 5.08. The number of hydrogen-bond acceptors (Lipinski definition) is 2. The first-order valence-corrected chi connectivity index (χ1v) is 5.92. The molecule has 0 bridgehead atoms. The first-order chi connectivity index (χ1) is 7.85. The SMILES string of the molecule is CCCCc1cccc2nc(CN)ccc12. The number of unbranched alkanes of at least 4 members (excludes halogenated alkanes) is 1. The van der Waals surface area contributed by atoms with Gasteiger partial charge in [0.2, 0.25) is 0 Å². The van der Waals surface area contributed by atoms with Crippen LogP contribution in [0.2, 0.25) is 0 Å². The fourth-order valence-corrected chi connectivity index (χ4v) is 1.96. The maximum atomic E-state index is 5.60. The van der Waals surface area contributed by atoms with Crippen LogP contribution in [-0.2, 0) is 13.0 Å². The lowest BCUT2D eigenvalue weighted by molar-refractivity contribution is 0.799. The van der Waals surface area contributed by atoms with Crippen LogP contribution in [0.4, 0.5) is 0 Å². The minimum absolute atomic E-state index is 0.509. The fraction of sp³-hybridized carbons (Fsp3) is 0.357. The first kappa shape index (κ1) is 11.1. The molecule has 1 heterocycles. The Morgan fingerprint density at radius 2 is 2.06 bits per heavy atom. The Morgan fingerprint density at radius 3 is 2.81 bits per heavy atom. The van der Waals surface area contributed by atoms with Crippen molar-refractivity contribution in [3.05, 3.63) is 41.6 Å². The molecule has 0 aliphatic heterocycles.